The highest BCUT2D eigenvalue weighted by molar-refractivity contribution is 6.33. The first-order valence-corrected chi connectivity index (χ1v) is 5.92. The van der Waals surface area contributed by atoms with Crippen molar-refractivity contribution in [2.75, 3.05) is 6.54 Å². The van der Waals surface area contributed by atoms with Crippen molar-refractivity contribution in [1.82, 2.24) is 10.1 Å². The van der Waals surface area contributed by atoms with Gasteiger partial charge in [-0.1, -0.05) is 28.9 Å². The molecule has 0 aliphatic heterocycles. The predicted octanol–water partition coefficient (Wildman–Crippen LogP) is 2.38. The normalized spacial score (nSPS) is 17.1. The van der Waals surface area contributed by atoms with E-state index in [1.54, 1.807) is 0 Å². The van der Waals surface area contributed by atoms with E-state index in [1.165, 1.54) is 0 Å². The molecule has 1 aliphatic carbocycles. The maximum Gasteiger partial charge on any atom is 0.234 e. The second-order valence-electron chi connectivity index (χ2n) is 4.39. The first-order valence-electron chi connectivity index (χ1n) is 5.54. The third kappa shape index (κ3) is 1.73. The van der Waals surface area contributed by atoms with Crippen LogP contribution >= 0.6 is 11.6 Å². The van der Waals surface area contributed by atoms with Gasteiger partial charge in [0.15, 0.2) is 0 Å². The summed E-state index contributed by atoms with van der Waals surface area (Å²) in [5.41, 5.74) is 6.44. The molecule has 5 heteroatoms. The van der Waals surface area contributed by atoms with Gasteiger partial charge in [0.2, 0.25) is 11.7 Å². The number of hydrogen-bond acceptors (Lipinski definition) is 4. The number of nitrogens with two attached hydrogens (primary N) is 1. The van der Waals surface area contributed by atoms with Gasteiger partial charge in [-0.25, -0.2) is 0 Å². The topological polar surface area (TPSA) is 64.9 Å². The van der Waals surface area contributed by atoms with Crippen LogP contribution in [0, 0.1) is 0 Å². The van der Waals surface area contributed by atoms with E-state index in [0.717, 1.165) is 18.4 Å². The van der Waals surface area contributed by atoms with Crippen LogP contribution in [0.2, 0.25) is 5.02 Å². The second kappa shape index (κ2) is 3.82. The zero-order chi connectivity index (χ0) is 11.9. The Hall–Kier alpha value is -1.39. The van der Waals surface area contributed by atoms with E-state index in [2.05, 4.69) is 10.1 Å². The van der Waals surface area contributed by atoms with Gasteiger partial charge in [0.1, 0.15) is 0 Å². The Kier molecular flexibility index (Phi) is 2.42. The fraction of sp³-hybridized carbons (Fsp3) is 0.333. The summed E-state index contributed by atoms with van der Waals surface area (Å²) >= 11 is 6.09. The smallest absolute Gasteiger partial charge is 0.234 e. The van der Waals surface area contributed by atoms with Crippen molar-refractivity contribution in [1.29, 1.82) is 0 Å². The molecular formula is C12H12ClN3O. The maximum atomic E-state index is 6.09. The van der Waals surface area contributed by atoms with Crippen molar-refractivity contribution >= 4 is 11.6 Å². The Balaban J connectivity index is 1.99. The molecule has 4 nitrogen and oxygen atoms in total. The SMILES string of the molecule is NCC1(c2nc(-c3ccccc3Cl)no2)CC1. The van der Waals surface area contributed by atoms with Crippen LogP contribution in [0.25, 0.3) is 11.4 Å². The summed E-state index contributed by atoms with van der Waals surface area (Å²) in [7, 11) is 0. The highest BCUT2D eigenvalue weighted by Crippen LogP contribution is 2.46. The molecule has 88 valence electrons. The van der Waals surface area contributed by atoms with Crippen molar-refractivity contribution in [3.63, 3.8) is 0 Å². The van der Waals surface area contributed by atoms with E-state index in [9.17, 15) is 0 Å². The van der Waals surface area contributed by atoms with Gasteiger partial charge in [0.25, 0.3) is 0 Å². The molecule has 2 N–H and O–H groups in total. The number of hydrogen-bond donors (Lipinski definition) is 1. The molecule has 0 bridgehead atoms. The van der Waals surface area contributed by atoms with E-state index in [0.29, 0.717) is 23.3 Å². The van der Waals surface area contributed by atoms with Crippen molar-refractivity contribution in [2.45, 2.75) is 18.3 Å². The van der Waals surface area contributed by atoms with E-state index < -0.39 is 0 Å². The molecule has 1 fully saturated rings. The lowest BCUT2D eigenvalue weighted by Gasteiger charge is -2.03. The van der Waals surface area contributed by atoms with Crippen LogP contribution in [-0.4, -0.2) is 16.7 Å². The van der Waals surface area contributed by atoms with Crippen molar-refractivity contribution in [3.8, 4) is 11.4 Å². The Morgan fingerprint density at radius 3 is 2.76 bits per heavy atom. The zero-order valence-corrected chi connectivity index (χ0v) is 9.94. The molecule has 2 aromatic rings. The van der Waals surface area contributed by atoms with Gasteiger partial charge in [0, 0.05) is 12.1 Å². The minimum Gasteiger partial charge on any atom is -0.338 e. The third-order valence-corrected chi connectivity index (χ3v) is 3.57. The lowest BCUT2D eigenvalue weighted by molar-refractivity contribution is 0.347. The first-order chi connectivity index (χ1) is 8.25. The maximum absolute atomic E-state index is 6.09. The molecule has 0 spiro atoms. The lowest BCUT2D eigenvalue weighted by atomic mass is 10.1. The Labute approximate surface area is 104 Å². The van der Waals surface area contributed by atoms with E-state index >= 15 is 0 Å². The molecule has 0 unspecified atom stereocenters. The number of rotatable bonds is 3. The molecule has 1 saturated carbocycles. The molecule has 0 radical (unpaired) electrons. The molecule has 1 heterocycles. The van der Waals surface area contributed by atoms with Gasteiger partial charge in [-0.05, 0) is 25.0 Å². The summed E-state index contributed by atoms with van der Waals surface area (Å²) in [6.07, 6.45) is 2.04. The van der Waals surface area contributed by atoms with Gasteiger partial charge in [-0.2, -0.15) is 4.98 Å². The highest BCUT2D eigenvalue weighted by atomic mass is 35.5. The largest absolute Gasteiger partial charge is 0.338 e. The molecule has 0 amide bonds. The summed E-state index contributed by atoms with van der Waals surface area (Å²) in [5, 5.41) is 4.60. The monoisotopic (exact) mass is 249 g/mol. The number of aromatic nitrogens is 2. The minimum absolute atomic E-state index is 0.0769. The Morgan fingerprint density at radius 2 is 2.12 bits per heavy atom. The zero-order valence-electron chi connectivity index (χ0n) is 9.19. The van der Waals surface area contributed by atoms with Crippen LogP contribution in [0.4, 0.5) is 0 Å². The van der Waals surface area contributed by atoms with Crippen molar-refractivity contribution in [2.24, 2.45) is 5.73 Å². The Morgan fingerprint density at radius 1 is 1.35 bits per heavy atom. The third-order valence-electron chi connectivity index (χ3n) is 3.24. The van der Waals surface area contributed by atoms with Crippen LogP contribution in [0.5, 0.6) is 0 Å². The van der Waals surface area contributed by atoms with E-state index in [-0.39, 0.29) is 5.41 Å². The standard InChI is InChI=1S/C12H12ClN3O/c13-9-4-2-1-3-8(9)10-15-11(17-16-10)12(7-14)5-6-12/h1-4H,5-7,14H2. The van der Waals surface area contributed by atoms with Crippen LogP contribution < -0.4 is 5.73 Å². The summed E-state index contributed by atoms with van der Waals surface area (Å²) in [4.78, 5) is 4.40. The van der Waals surface area contributed by atoms with Gasteiger partial charge in [-0.3, -0.25) is 0 Å². The minimum atomic E-state index is -0.0769. The molecule has 1 aromatic heterocycles. The molecule has 1 aromatic carbocycles. The summed E-state index contributed by atoms with van der Waals surface area (Å²) < 4.78 is 5.29. The summed E-state index contributed by atoms with van der Waals surface area (Å²) in [6, 6.07) is 7.45. The van der Waals surface area contributed by atoms with Gasteiger partial charge in [0.05, 0.1) is 10.4 Å². The quantitative estimate of drug-likeness (QED) is 0.907. The van der Waals surface area contributed by atoms with Crippen LogP contribution in [0.3, 0.4) is 0 Å². The van der Waals surface area contributed by atoms with E-state index in [1.807, 2.05) is 24.3 Å². The van der Waals surface area contributed by atoms with Crippen molar-refractivity contribution in [3.05, 3.63) is 35.2 Å². The second-order valence-corrected chi connectivity index (χ2v) is 4.79. The van der Waals surface area contributed by atoms with Crippen LogP contribution in [0.15, 0.2) is 28.8 Å². The molecule has 3 rings (SSSR count). The van der Waals surface area contributed by atoms with Crippen LogP contribution in [0.1, 0.15) is 18.7 Å². The number of benzene rings is 1. The van der Waals surface area contributed by atoms with Gasteiger partial charge < -0.3 is 10.3 Å². The molecular weight excluding hydrogens is 238 g/mol. The average Bonchev–Trinajstić information content (AvgIpc) is 3.00. The highest BCUT2D eigenvalue weighted by Gasteiger charge is 2.48. The summed E-state index contributed by atoms with van der Waals surface area (Å²) in [5.74, 6) is 1.17. The average molecular weight is 250 g/mol. The van der Waals surface area contributed by atoms with E-state index in [4.69, 9.17) is 21.9 Å². The molecule has 17 heavy (non-hydrogen) atoms. The van der Waals surface area contributed by atoms with Crippen molar-refractivity contribution < 1.29 is 4.52 Å². The van der Waals surface area contributed by atoms with Gasteiger partial charge in [-0.15, -0.1) is 0 Å². The number of halogens is 1. The fourth-order valence-corrected chi connectivity index (χ4v) is 2.07. The molecule has 0 saturated heterocycles. The molecule has 0 atom stereocenters. The Bertz CT molecular complexity index is 548. The first kappa shape index (κ1) is 10.7. The lowest BCUT2D eigenvalue weighted by Crippen LogP contribution is -2.19. The number of nitrogens with zero attached hydrogens (tertiary/aromatic N) is 2. The van der Waals surface area contributed by atoms with Gasteiger partial charge >= 0.3 is 0 Å². The van der Waals surface area contributed by atoms with Crippen LogP contribution in [-0.2, 0) is 5.41 Å². The summed E-state index contributed by atoms with van der Waals surface area (Å²) in [6.45, 7) is 0.553. The molecule has 1 aliphatic rings. The predicted molar refractivity (Wildman–Crippen MR) is 64.7 cm³/mol. The fourth-order valence-electron chi connectivity index (χ4n) is 1.85.